The molecule has 0 fully saturated rings. The third-order valence-electron chi connectivity index (χ3n) is 6.82. The monoisotopic (exact) mass is 539 g/mol. The lowest BCUT2D eigenvalue weighted by Gasteiger charge is -2.22. The maximum absolute atomic E-state index is 8.83. The summed E-state index contributed by atoms with van der Waals surface area (Å²) >= 11 is 0. The van der Waals surface area contributed by atoms with E-state index < -0.39 is 0 Å². The van der Waals surface area contributed by atoms with Crippen LogP contribution in [0.4, 0.5) is 22.7 Å². The molecule has 8 heteroatoms. The Balaban J connectivity index is 0.000000224. The number of aliphatic hydroxyl groups is 2. The lowest BCUT2D eigenvalue weighted by atomic mass is 10.1. The minimum atomic E-state index is 0.0738. The number of rotatable bonds is 9. The molecule has 0 aliphatic rings. The summed E-state index contributed by atoms with van der Waals surface area (Å²) in [5.74, 6) is 0. The van der Waals surface area contributed by atoms with Crippen LogP contribution < -0.4 is 25.8 Å². The molecule has 5 aromatic rings. The van der Waals surface area contributed by atoms with E-state index in [0.717, 1.165) is 52.2 Å². The Kier molecular flexibility index (Phi) is 9.72. The SMILES string of the molecule is CCN(CC)c1ccc2nc3ccc(N)cc3[n+](-c3ccccc3)c2c1.Nc1ccc(N(CCO)CCO)cc1. The number of hydrogen-bond donors (Lipinski definition) is 4. The summed E-state index contributed by atoms with van der Waals surface area (Å²) in [6.45, 7) is 7.49. The summed E-state index contributed by atoms with van der Waals surface area (Å²) in [6.07, 6.45) is 0. The number of anilines is 4. The number of aliphatic hydroxyl groups excluding tert-OH is 2. The first kappa shape index (κ1) is 28.6. The second kappa shape index (κ2) is 13.6. The van der Waals surface area contributed by atoms with Crippen molar-refractivity contribution in [2.75, 3.05) is 60.7 Å². The zero-order chi connectivity index (χ0) is 28.5. The second-order valence-electron chi connectivity index (χ2n) is 9.40. The fraction of sp³-hybridized carbons (Fsp3) is 0.250. The van der Waals surface area contributed by atoms with E-state index in [1.54, 1.807) is 12.1 Å². The van der Waals surface area contributed by atoms with Crippen molar-refractivity contribution in [3.8, 4) is 5.69 Å². The van der Waals surface area contributed by atoms with Gasteiger partial charge in [-0.25, -0.2) is 4.98 Å². The van der Waals surface area contributed by atoms with Crippen molar-refractivity contribution in [3.05, 3.63) is 91.0 Å². The zero-order valence-electron chi connectivity index (χ0n) is 23.2. The van der Waals surface area contributed by atoms with Gasteiger partial charge in [0.05, 0.1) is 13.2 Å². The Hall–Kier alpha value is -4.40. The maximum Gasteiger partial charge on any atom is 0.239 e. The quantitative estimate of drug-likeness (QED) is 0.126. The van der Waals surface area contributed by atoms with Gasteiger partial charge < -0.3 is 31.5 Å². The normalized spacial score (nSPS) is 10.8. The molecule has 0 amide bonds. The van der Waals surface area contributed by atoms with E-state index in [4.69, 9.17) is 26.7 Å². The lowest BCUT2D eigenvalue weighted by molar-refractivity contribution is -0.538. The number of nitrogens with two attached hydrogens (primary N) is 2. The molecule has 40 heavy (non-hydrogen) atoms. The second-order valence-corrected chi connectivity index (χ2v) is 9.40. The predicted molar refractivity (Wildman–Crippen MR) is 166 cm³/mol. The summed E-state index contributed by atoms with van der Waals surface area (Å²) in [4.78, 5) is 9.11. The summed E-state index contributed by atoms with van der Waals surface area (Å²) in [6, 6.07) is 30.1. The highest BCUT2D eigenvalue weighted by atomic mass is 16.3. The van der Waals surface area contributed by atoms with Crippen LogP contribution in [0, 0.1) is 0 Å². The van der Waals surface area contributed by atoms with Gasteiger partial charge in [0.25, 0.3) is 0 Å². The molecule has 0 saturated carbocycles. The van der Waals surface area contributed by atoms with Crippen molar-refractivity contribution in [2.45, 2.75) is 13.8 Å². The fourth-order valence-corrected chi connectivity index (χ4v) is 4.80. The van der Waals surface area contributed by atoms with Gasteiger partial charge in [0.2, 0.25) is 16.7 Å². The van der Waals surface area contributed by atoms with E-state index in [2.05, 4.69) is 65.8 Å². The van der Waals surface area contributed by atoms with Crippen molar-refractivity contribution in [1.82, 2.24) is 4.98 Å². The van der Waals surface area contributed by atoms with Gasteiger partial charge >= 0.3 is 0 Å². The molecular weight excluding hydrogens is 500 g/mol. The zero-order valence-corrected chi connectivity index (χ0v) is 23.2. The molecule has 1 heterocycles. The number of fused-ring (bicyclic) bond motifs is 2. The molecule has 0 atom stereocenters. The molecule has 1 aromatic heterocycles. The van der Waals surface area contributed by atoms with Crippen molar-refractivity contribution >= 4 is 44.8 Å². The van der Waals surface area contributed by atoms with Gasteiger partial charge in [0.15, 0.2) is 0 Å². The van der Waals surface area contributed by atoms with Crippen LogP contribution in [0.5, 0.6) is 0 Å². The first-order chi connectivity index (χ1) is 19.5. The molecule has 0 spiro atoms. The van der Waals surface area contributed by atoms with Gasteiger partial charge in [-0.3, -0.25) is 0 Å². The molecule has 208 valence electrons. The number of nitrogens with zero attached hydrogens (tertiary/aromatic N) is 4. The lowest BCUT2D eigenvalue weighted by Crippen LogP contribution is -2.33. The fourth-order valence-electron chi connectivity index (χ4n) is 4.80. The van der Waals surface area contributed by atoms with Gasteiger partial charge in [0.1, 0.15) is 11.0 Å². The minimum absolute atomic E-state index is 0.0738. The number of hydrogen-bond acceptors (Lipinski definition) is 7. The Morgan fingerprint density at radius 3 is 1.80 bits per heavy atom. The van der Waals surface area contributed by atoms with Crippen LogP contribution in [0.2, 0.25) is 0 Å². The van der Waals surface area contributed by atoms with E-state index in [0.29, 0.717) is 18.8 Å². The van der Waals surface area contributed by atoms with Crippen LogP contribution in [0.15, 0.2) is 91.0 Å². The van der Waals surface area contributed by atoms with Crippen molar-refractivity contribution in [3.63, 3.8) is 0 Å². The van der Waals surface area contributed by atoms with Crippen molar-refractivity contribution in [2.24, 2.45) is 0 Å². The Bertz CT molecular complexity index is 1520. The van der Waals surface area contributed by atoms with E-state index in [-0.39, 0.29) is 13.2 Å². The van der Waals surface area contributed by atoms with Gasteiger partial charge in [0, 0.05) is 73.2 Å². The Labute approximate surface area is 235 Å². The maximum atomic E-state index is 8.83. The Morgan fingerprint density at radius 2 is 1.20 bits per heavy atom. The summed E-state index contributed by atoms with van der Waals surface area (Å²) in [7, 11) is 0. The number of nitrogen functional groups attached to an aromatic ring is 2. The van der Waals surface area contributed by atoms with Crippen LogP contribution in [-0.2, 0) is 0 Å². The number of benzene rings is 4. The summed E-state index contributed by atoms with van der Waals surface area (Å²) < 4.78 is 2.25. The van der Waals surface area contributed by atoms with Crippen LogP contribution in [0.1, 0.15) is 13.8 Å². The van der Waals surface area contributed by atoms with E-state index in [1.807, 2.05) is 41.3 Å². The van der Waals surface area contributed by atoms with E-state index >= 15 is 0 Å². The average Bonchev–Trinajstić information content (AvgIpc) is 2.98. The largest absolute Gasteiger partial charge is 0.399 e. The molecule has 5 rings (SSSR count). The molecule has 0 saturated heterocycles. The van der Waals surface area contributed by atoms with Gasteiger partial charge in [-0.1, -0.05) is 18.2 Å². The van der Waals surface area contributed by atoms with Crippen molar-refractivity contribution in [1.29, 1.82) is 0 Å². The first-order valence-electron chi connectivity index (χ1n) is 13.7. The third kappa shape index (κ3) is 6.59. The molecule has 8 nitrogen and oxygen atoms in total. The van der Waals surface area contributed by atoms with Gasteiger partial charge in [-0.15, -0.1) is 4.57 Å². The molecule has 0 radical (unpaired) electrons. The standard InChI is InChI=1S/C22H22N4.C10H16N2O2/c1-3-25(4-2)18-11-13-20-22(15-18)26(17-8-6-5-7-9-17)21-14-16(23)10-12-19(21)24-20;11-9-1-3-10(4-2-9)12(5-7-13)6-8-14/h5-15,23H,3-4H2,1-2H3;1-4,13-14H,5-8,11H2/p+1. The third-order valence-corrected chi connectivity index (χ3v) is 6.82. The number of para-hydroxylation sites is 1. The van der Waals surface area contributed by atoms with Crippen molar-refractivity contribution < 1.29 is 14.8 Å². The molecule has 0 aliphatic carbocycles. The van der Waals surface area contributed by atoms with E-state index in [1.165, 1.54) is 5.69 Å². The highest BCUT2D eigenvalue weighted by Gasteiger charge is 2.20. The molecule has 4 aromatic carbocycles. The smallest absolute Gasteiger partial charge is 0.239 e. The summed E-state index contributed by atoms with van der Waals surface area (Å²) in [5.41, 5.74) is 20.4. The topological polar surface area (TPSA) is 116 Å². The Morgan fingerprint density at radius 1 is 0.650 bits per heavy atom. The van der Waals surface area contributed by atoms with Crippen LogP contribution in [0.25, 0.3) is 27.8 Å². The molecular formula is C32H39N6O2+. The average molecular weight is 540 g/mol. The van der Waals surface area contributed by atoms with Crippen LogP contribution >= 0.6 is 0 Å². The van der Waals surface area contributed by atoms with Gasteiger partial charge in [-0.2, -0.15) is 0 Å². The highest BCUT2D eigenvalue weighted by Crippen LogP contribution is 2.24. The van der Waals surface area contributed by atoms with Crippen LogP contribution in [0.3, 0.4) is 0 Å². The number of aromatic nitrogens is 2. The predicted octanol–water partition coefficient (Wildman–Crippen LogP) is 4.15. The van der Waals surface area contributed by atoms with E-state index in [9.17, 15) is 0 Å². The minimum Gasteiger partial charge on any atom is -0.399 e. The van der Waals surface area contributed by atoms with Gasteiger partial charge in [-0.05, 0) is 62.4 Å². The molecule has 6 N–H and O–H groups in total. The summed E-state index contributed by atoms with van der Waals surface area (Å²) in [5, 5.41) is 17.7. The molecule has 0 aliphatic heterocycles. The first-order valence-corrected chi connectivity index (χ1v) is 13.7. The molecule has 0 bridgehead atoms. The van der Waals surface area contributed by atoms with Crippen LogP contribution in [-0.4, -0.2) is 54.6 Å². The molecule has 0 unspecified atom stereocenters. The highest BCUT2D eigenvalue weighted by molar-refractivity contribution is 5.85.